The summed E-state index contributed by atoms with van der Waals surface area (Å²) in [5.74, 6) is 0.123. The van der Waals surface area contributed by atoms with Crippen LogP contribution in [0.5, 0.6) is 0 Å². The number of nitrogen functional groups attached to an aromatic ring is 1. The zero-order valence-electron chi connectivity index (χ0n) is 11.1. The monoisotopic (exact) mass is 299 g/mol. The fourth-order valence-electron chi connectivity index (χ4n) is 1.93. The van der Waals surface area contributed by atoms with Crippen LogP contribution >= 0.6 is 11.8 Å². The molecule has 0 radical (unpaired) electrons. The van der Waals surface area contributed by atoms with Crippen LogP contribution in [0.3, 0.4) is 0 Å². The van der Waals surface area contributed by atoms with Crippen LogP contribution in [0.2, 0.25) is 0 Å². The molecule has 5 nitrogen and oxygen atoms in total. The van der Waals surface area contributed by atoms with E-state index >= 15 is 0 Å². The molecule has 1 amide bonds. The van der Waals surface area contributed by atoms with E-state index in [-0.39, 0.29) is 0 Å². The van der Waals surface area contributed by atoms with Gasteiger partial charge in [0, 0.05) is 17.0 Å². The van der Waals surface area contributed by atoms with Gasteiger partial charge in [0.2, 0.25) is 5.91 Å². The van der Waals surface area contributed by atoms with Crippen molar-refractivity contribution in [3.63, 3.8) is 0 Å². The Morgan fingerprint density at radius 1 is 1.24 bits per heavy atom. The normalized spacial score (nSPS) is 10.9. The van der Waals surface area contributed by atoms with Gasteiger partial charge in [-0.3, -0.25) is 4.79 Å². The molecule has 0 spiro atoms. The van der Waals surface area contributed by atoms with E-state index < -0.39 is 5.91 Å². The van der Waals surface area contributed by atoms with E-state index in [9.17, 15) is 4.79 Å². The summed E-state index contributed by atoms with van der Waals surface area (Å²) in [5.41, 5.74) is 14.6. The Bertz CT molecular complexity index is 781. The van der Waals surface area contributed by atoms with Crippen LogP contribution in [-0.2, 0) is 5.75 Å². The summed E-state index contributed by atoms with van der Waals surface area (Å²) < 4.78 is 5.63. The highest BCUT2D eigenvalue weighted by molar-refractivity contribution is 7.98. The van der Waals surface area contributed by atoms with Gasteiger partial charge in [-0.2, -0.15) is 0 Å². The summed E-state index contributed by atoms with van der Waals surface area (Å²) in [6.07, 6.45) is 0. The molecule has 4 N–H and O–H groups in total. The third-order valence-electron chi connectivity index (χ3n) is 3.06. The second-order valence-corrected chi connectivity index (χ2v) is 5.44. The first-order chi connectivity index (χ1) is 10.1. The number of amides is 1. The number of nitrogens with zero attached hydrogens (tertiary/aromatic N) is 1. The summed E-state index contributed by atoms with van der Waals surface area (Å²) in [5, 5.41) is 0.592. The van der Waals surface area contributed by atoms with Crippen LogP contribution in [0.4, 0.5) is 5.69 Å². The maximum Gasteiger partial charge on any atom is 0.257 e. The highest BCUT2D eigenvalue weighted by Gasteiger charge is 2.09. The SMILES string of the molecule is NC(=O)c1ccc(CSc2nc3ccccc3o2)c(N)c1. The van der Waals surface area contributed by atoms with Crippen molar-refractivity contribution in [2.75, 3.05) is 5.73 Å². The number of rotatable bonds is 4. The molecule has 0 unspecified atom stereocenters. The van der Waals surface area contributed by atoms with Crippen molar-refractivity contribution < 1.29 is 9.21 Å². The first kappa shape index (κ1) is 13.5. The standard InChI is InChI=1S/C15H13N3O2S/c16-11-7-9(14(17)19)5-6-10(11)8-21-15-18-12-3-1-2-4-13(12)20-15/h1-7H,8,16H2,(H2,17,19). The molecule has 2 aromatic carbocycles. The molecule has 3 aromatic rings. The van der Waals surface area contributed by atoms with Gasteiger partial charge in [0.15, 0.2) is 5.58 Å². The van der Waals surface area contributed by atoms with Crippen LogP contribution in [-0.4, -0.2) is 10.9 Å². The molecule has 1 aromatic heterocycles. The van der Waals surface area contributed by atoms with Crippen molar-refractivity contribution in [1.29, 1.82) is 0 Å². The summed E-state index contributed by atoms with van der Waals surface area (Å²) in [4.78, 5) is 15.5. The molecule has 0 atom stereocenters. The van der Waals surface area contributed by atoms with Gasteiger partial charge in [-0.05, 0) is 29.8 Å². The minimum absolute atomic E-state index is 0.406. The third kappa shape index (κ3) is 2.85. The molecule has 0 bridgehead atoms. The number of hydrogen-bond acceptors (Lipinski definition) is 5. The van der Waals surface area contributed by atoms with Gasteiger partial charge in [-0.25, -0.2) is 4.98 Å². The van der Waals surface area contributed by atoms with Crippen molar-refractivity contribution in [1.82, 2.24) is 4.98 Å². The molecule has 1 heterocycles. The van der Waals surface area contributed by atoms with E-state index in [1.165, 1.54) is 11.8 Å². The largest absolute Gasteiger partial charge is 0.431 e. The number of fused-ring (bicyclic) bond motifs is 1. The van der Waals surface area contributed by atoms with E-state index in [0.29, 0.717) is 22.2 Å². The summed E-state index contributed by atoms with van der Waals surface area (Å²) in [7, 11) is 0. The molecule has 0 aliphatic carbocycles. The highest BCUT2D eigenvalue weighted by Crippen LogP contribution is 2.28. The van der Waals surface area contributed by atoms with Crippen LogP contribution in [0.25, 0.3) is 11.1 Å². The number of anilines is 1. The Kier molecular flexibility index (Phi) is 3.53. The number of para-hydroxylation sites is 2. The quantitative estimate of drug-likeness (QED) is 0.570. The molecule has 0 aliphatic heterocycles. The van der Waals surface area contributed by atoms with Crippen molar-refractivity contribution in [3.05, 3.63) is 53.6 Å². The Hall–Kier alpha value is -2.47. The van der Waals surface area contributed by atoms with E-state index in [2.05, 4.69) is 4.98 Å². The average molecular weight is 299 g/mol. The molecular formula is C15H13N3O2S. The lowest BCUT2D eigenvalue weighted by Gasteiger charge is -2.05. The van der Waals surface area contributed by atoms with Crippen LogP contribution in [0.1, 0.15) is 15.9 Å². The minimum Gasteiger partial charge on any atom is -0.431 e. The number of benzene rings is 2. The van der Waals surface area contributed by atoms with Crippen LogP contribution in [0, 0.1) is 0 Å². The van der Waals surface area contributed by atoms with Crippen molar-refractivity contribution in [2.45, 2.75) is 11.0 Å². The summed E-state index contributed by atoms with van der Waals surface area (Å²) in [6, 6.07) is 12.7. The number of carbonyl (C=O) groups excluding carboxylic acids is 1. The molecule has 0 saturated carbocycles. The zero-order chi connectivity index (χ0) is 14.8. The lowest BCUT2D eigenvalue weighted by atomic mass is 10.1. The average Bonchev–Trinajstić information content (AvgIpc) is 2.88. The number of carbonyl (C=O) groups is 1. The van der Waals surface area contributed by atoms with Crippen molar-refractivity contribution in [2.24, 2.45) is 5.73 Å². The second kappa shape index (κ2) is 5.49. The second-order valence-electron chi connectivity index (χ2n) is 4.51. The predicted molar refractivity (Wildman–Crippen MR) is 82.9 cm³/mol. The number of aromatic nitrogens is 1. The molecule has 0 saturated heterocycles. The minimum atomic E-state index is -0.486. The lowest BCUT2D eigenvalue weighted by molar-refractivity contribution is 0.100. The summed E-state index contributed by atoms with van der Waals surface area (Å²) in [6.45, 7) is 0. The first-order valence-electron chi connectivity index (χ1n) is 6.30. The van der Waals surface area contributed by atoms with Crippen LogP contribution in [0.15, 0.2) is 52.1 Å². The summed E-state index contributed by atoms with van der Waals surface area (Å²) >= 11 is 1.45. The smallest absolute Gasteiger partial charge is 0.257 e. The lowest BCUT2D eigenvalue weighted by Crippen LogP contribution is -2.11. The maximum absolute atomic E-state index is 11.1. The fraction of sp³-hybridized carbons (Fsp3) is 0.0667. The predicted octanol–water partition coefficient (Wildman–Crippen LogP) is 2.80. The molecule has 3 rings (SSSR count). The number of primary amides is 1. The molecule has 6 heteroatoms. The van der Waals surface area contributed by atoms with E-state index in [1.54, 1.807) is 18.2 Å². The molecule has 106 valence electrons. The van der Waals surface area contributed by atoms with E-state index in [1.807, 2.05) is 24.3 Å². The van der Waals surface area contributed by atoms with Crippen molar-refractivity contribution in [3.8, 4) is 0 Å². The molecular weight excluding hydrogens is 286 g/mol. The van der Waals surface area contributed by atoms with Crippen molar-refractivity contribution >= 4 is 34.5 Å². The number of hydrogen-bond donors (Lipinski definition) is 2. The van der Waals surface area contributed by atoms with Gasteiger partial charge in [-0.15, -0.1) is 0 Å². The van der Waals surface area contributed by atoms with Gasteiger partial charge < -0.3 is 15.9 Å². The van der Waals surface area contributed by atoms with Gasteiger partial charge in [0.05, 0.1) is 0 Å². The van der Waals surface area contributed by atoms with Gasteiger partial charge in [0.1, 0.15) is 5.52 Å². The van der Waals surface area contributed by atoms with E-state index in [0.717, 1.165) is 16.7 Å². The third-order valence-corrected chi connectivity index (χ3v) is 3.93. The molecule has 0 aliphatic rings. The highest BCUT2D eigenvalue weighted by atomic mass is 32.2. The van der Waals surface area contributed by atoms with E-state index in [4.69, 9.17) is 15.9 Å². The number of nitrogens with two attached hydrogens (primary N) is 2. The topological polar surface area (TPSA) is 95.1 Å². The Morgan fingerprint density at radius 2 is 2.05 bits per heavy atom. The Balaban J connectivity index is 1.76. The fourth-order valence-corrected chi connectivity index (χ4v) is 2.79. The number of oxazole rings is 1. The Morgan fingerprint density at radius 3 is 2.76 bits per heavy atom. The zero-order valence-corrected chi connectivity index (χ0v) is 11.9. The Labute approximate surface area is 125 Å². The van der Waals surface area contributed by atoms with Gasteiger partial charge in [0.25, 0.3) is 5.22 Å². The number of thioether (sulfide) groups is 1. The maximum atomic E-state index is 11.1. The van der Waals surface area contributed by atoms with Crippen LogP contribution < -0.4 is 11.5 Å². The first-order valence-corrected chi connectivity index (χ1v) is 7.28. The molecule has 21 heavy (non-hydrogen) atoms. The van der Waals surface area contributed by atoms with Gasteiger partial charge in [-0.1, -0.05) is 30.0 Å². The molecule has 0 fully saturated rings. The van der Waals surface area contributed by atoms with Gasteiger partial charge >= 0.3 is 0 Å².